The van der Waals surface area contributed by atoms with Gasteiger partial charge < -0.3 is 9.47 Å². The van der Waals surface area contributed by atoms with Crippen LogP contribution in [0.15, 0.2) is 40.2 Å². The van der Waals surface area contributed by atoms with Crippen LogP contribution in [0.2, 0.25) is 0 Å². The summed E-state index contributed by atoms with van der Waals surface area (Å²) in [6.07, 6.45) is 0.725. The topological polar surface area (TPSA) is 118 Å². The molecule has 0 unspecified atom stereocenters. The first-order chi connectivity index (χ1) is 17.1. The van der Waals surface area contributed by atoms with Gasteiger partial charge in [-0.25, -0.2) is 28.4 Å². The predicted octanol–water partition coefficient (Wildman–Crippen LogP) is 4.58. The molecule has 10 heteroatoms. The van der Waals surface area contributed by atoms with Crippen LogP contribution in [0.1, 0.15) is 68.9 Å². The van der Waals surface area contributed by atoms with E-state index in [1.54, 1.807) is 34.6 Å². The van der Waals surface area contributed by atoms with Crippen LogP contribution in [0.5, 0.6) is 5.75 Å². The highest BCUT2D eigenvalue weighted by Crippen LogP contribution is 2.42. The summed E-state index contributed by atoms with van der Waals surface area (Å²) in [6.45, 7) is 14.9. The molecule has 0 spiro atoms. The molecule has 2 aromatic carbocycles. The highest BCUT2D eigenvalue weighted by atomic mass is 32.2. The fourth-order valence-corrected chi connectivity index (χ4v) is 5.75. The molecular weight excluding hydrogens is 492 g/mol. The van der Waals surface area contributed by atoms with Crippen LogP contribution in [0, 0.1) is 20.8 Å². The number of sulfonamides is 1. The van der Waals surface area contributed by atoms with Crippen molar-refractivity contribution in [3.8, 4) is 5.75 Å². The Morgan fingerprint density at radius 2 is 1.70 bits per heavy atom. The Bertz CT molecular complexity index is 1300. The van der Waals surface area contributed by atoms with Crippen molar-refractivity contribution in [1.82, 2.24) is 15.6 Å². The molecule has 202 valence electrons. The monoisotopic (exact) mass is 530 g/mol. The number of ether oxygens (including phenoxy) is 2. The van der Waals surface area contributed by atoms with Gasteiger partial charge >= 0.3 is 6.09 Å². The summed E-state index contributed by atoms with van der Waals surface area (Å²) in [4.78, 5) is 16.8. The molecule has 0 radical (unpaired) electrons. The lowest BCUT2D eigenvalue weighted by Gasteiger charge is -2.35. The lowest BCUT2D eigenvalue weighted by atomic mass is 9.88. The Balaban J connectivity index is 1.95. The zero-order chi connectivity index (χ0) is 27.6. The number of hydrogen-bond donors (Lipinski definition) is 3. The molecule has 0 saturated carbocycles. The Kier molecular flexibility index (Phi) is 8.12. The lowest BCUT2D eigenvalue weighted by Crippen LogP contribution is -2.51. The molecule has 0 aliphatic carbocycles. The van der Waals surface area contributed by atoms with E-state index in [9.17, 15) is 13.2 Å². The minimum atomic E-state index is -4.08. The highest BCUT2D eigenvalue weighted by molar-refractivity contribution is 7.90. The number of hydrazine groups is 1. The molecule has 0 atom stereocenters. The van der Waals surface area contributed by atoms with Gasteiger partial charge in [-0.15, -0.1) is 0 Å². The van der Waals surface area contributed by atoms with Crippen molar-refractivity contribution in [3.05, 3.63) is 58.1 Å². The molecule has 9 nitrogen and oxygen atoms in total. The molecule has 1 aliphatic heterocycles. The Morgan fingerprint density at radius 3 is 2.32 bits per heavy atom. The van der Waals surface area contributed by atoms with Crippen molar-refractivity contribution in [2.75, 3.05) is 0 Å². The van der Waals surface area contributed by atoms with E-state index in [0.29, 0.717) is 17.5 Å². The van der Waals surface area contributed by atoms with Crippen molar-refractivity contribution in [2.45, 2.75) is 90.9 Å². The fourth-order valence-electron chi connectivity index (χ4n) is 4.19. The van der Waals surface area contributed by atoms with Gasteiger partial charge in [-0.05, 0) is 96.0 Å². The van der Waals surface area contributed by atoms with Crippen molar-refractivity contribution in [3.63, 3.8) is 0 Å². The zero-order valence-electron chi connectivity index (χ0n) is 22.9. The van der Waals surface area contributed by atoms with E-state index >= 15 is 0 Å². The average molecular weight is 531 g/mol. The average Bonchev–Trinajstić information content (AvgIpc) is 2.78. The number of benzene rings is 2. The van der Waals surface area contributed by atoms with E-state index in [4.69, 9.17) is 9.47 Å². The van der Waals surface area contributed by atoms with Gasteiger partial charge in [0.1, 0.15) is 17.0 Å². The summed E-state index contributed by atoms with van der Waals surface area (Å²) in [5, 5.41) is 0. The first kappa shape index (κ1) is 28.3. The van der Waals surface area contributed by atoms with Crippen LogP contribution in [-0.4, -0.2) is 31.7 Å². The second-order valence-electron chi connectivity index (χ2n) is 10.9. The summed E-state index contributed by atoms with van der Waals surface area (Å²) in [5.41, 5.74) is 7.69. The molecule has 0 aromatic heterocycles. The van der Waals surface area contributed by atoms with Crippen LogP contribution < -0.4 is 20.3 Å². The van der Waals surface area contributed by atoms with Gasteiger partial charge in [0.2, 0.25) is 5.96 Å². The van der Waals surface area contributed by atoms with Crippen LogP contribution in [0.3, 0.4) is 0 Å². The zero-order valence-corrected chi connectivity index (χ0v) is 23.7. The molecular formula is C27H38N4O5S. The van der Waals surface area contributed by atoms with Crippen LogP contribution in [-0.2, 0) is 27.7 Å². The molecule has 0 bridgehead atoms. The summed E-state index contributed by atoms with van der Waals surface area (Å²) in [6, 6.07) is 9.37. The van der Waals surface area contributed by atoms with E-state index < -0.39 is 21.7 Å². The van der Waals surface area contributed by atoms with Gasteiger partial charge in [0.15, 0.2) is 0 Å². The minimum Gasteiger partial charge on any atom is -0.487 e. The van der Waals surface area contributed by atoms with E-state index in [2.05, 4.69) is 20.6 Å². The largest absolute Gasteiger partial charge is 0.487 e. The summed E-state index contributed by atoms with van der Waals surface area (Å²) in [7, 11) is -4.08. The van der Waals surface area contributed by atoms with E-state index in [0.717, 1.165) is 28.9 Å². The predicted molar refractivity (Wildman–Crippen MR) is 144 cm³/mol. The van der Waals surface area contributed by atoms with Crippen LogP contribution in [0.25, 0.3) is 0 Å². The molecule has 1 amide bonds. The summed E-state index contributed by atoms with van der Waals surface area (Å²) in [5.74, 6) is 0.620. The number of amides is 1. The second kappa shape index (κ2) is 10.6. The number of nitrogens with zero attached hydrogens (tertiary/aromatic N) is 1. The molecule has 3 N–H and O–H groups in total. The maximum Gasteiger partial charge on any atom is 0.426 e. The normalized spacial score (nSPS) is 15.3. The van der Waals surface area contributed by atoms with Gasteiger partial charge in [-0.1, -0.05) is 30.3 Å². The van der Waals surface area contributed by atoms with Crippen LogP contribution >= 0.6 is 0 Å². The van der Waals surface area contributed by atoms with Crippen molar-refractivity contribution >= 4 is 22.1 Å². The standard InChI is InChI=1S/C27H38N4O5S/c1-17-18(2)23(19(3)21-14-15-27(7,8)35-22(17)21)37(33,34)31-24(28-16-20-12-10-9-11-13-20)29-30-25(32)36-26(4,5)6/h9-13H,14-16H2,1-8H3,(H,30,32)(H2,28,29,31). The molecule has 0 saturated heterocycles. The maximum atomic E-state index is 13.7. The Morgan fingerprint density at radius 1 is 1.05 bits per heavy atom. The molecule has 0 fully saturated rings. The van der Waals surface area contributed by atoms with Crippen molar-refractivity contribution < 1.29 is 22.7 Å². The SMILES string of the molecule is Cc1c(C)c(S(=O)(=O)NC(=NCc2ccccc2)NNC(=O)OC(C)(C)C)c(C)c2c1OC(C)(C)CC2. The van der Waals surface area contributed by atoms with E-state index in [1.807, 2.05) is 51.1 Å². The molecule has 1 aliphatic rings. The molecule has 37 heavy (non-hydrogen) atoms. The Labute approximate surface area is 220 Å². The summed E-state index contributed by atoms with van der Waals surface area (Å²) < 4.78 is 41.4. The highest BCUT2D eigenvalue weighted by Gasteiger charge is 2.34. The van der Waals surface area contributed by atoms with Crippen molar-refractivity contribution in [1.29, 1.82) is 0 Å². The minimum absolute atomic E-state index is 0.138. The number of nitrogens with one attached hydrogen (secondary N) is 3. The number of carbonyl (C=O) groups is 1. The quantitative estimate of drug-likeness (QED) is 0.303. The number of guanidine groups is 1. The fraction of sp³-hybridized carbons (Fsp3) is 0.481. The third-order valence-corrected chi connectivity index (χ3v) is 7.72. The number of aliphatic imine (C=N–C) groups is 1. The number of fused-ring (bicyclic) bond motifs is 1. The van der Waals surface area contributed by atoms with Gasteiger partial charge in [-0.3, -0.25) is 5.43 Å². The third-order valence-electron chi connectivity index (χ3n) is 6.11. The first-order valence-electron chi connectivity index (χ1n) is 12.3. The number of rotatable bonds is 4. The van der Waals surface area contributed by atoms with E-state index in [1.165, 1.54) is 0 Å². The van der Waals surface area contributed by atoms with Gasteiger partial charge in [0, 0.05) is 0 Å². The van der Waals surface area contributed by atoms with E-state index in [-0.39, 0.29) is 23.0 Å². The Hall–Kier alpha value is -3.27. The third kappa shape index (κ3) is 7.15. The number of hydrogen-bond acceptors (Lipinski definition) is 6. The smallest absolute Gasteiger partial charge is 0.426 e. The van der Waals surface area contributed by atoms with Gasteiger partial charge in [-0.2, -0.15) is 0 Å². The number of carbonyl (C=O) groups excluding carboxylic acids is 1. The molecule has 1 heterocycles. The van der Waals surface area contributed by atoms with Crippen LogP contribution in [0.4, 0.5) is 4.79 Å². The van der Waals surface area contributed by atoms with Gasteiger partial charge in [0.25, 0.3) is 10.0 Å². The first-order valence-corrected chi connectivity index (χ1v) is 13.8. The molecule has 3 rings (SSSR count). The second-order valence-corrected chi connectivity index (χ2v) is 12.5. The molecule has 2 aromatic rings. The van der Waals surface area contributed by atoms with Gasteiger partial charge in [0.05, 0.1) is 11.4 Å². The maximum absolute atomic E-state index is 13.7. The van der Waals surface area contributed by atoms with Crippen molar-refractivity contribution in [2.24, 2.45) is 4.99 Å². The lowest BCUT2D eigenvalue weighted by molar-refractivity contribution is 0.0512. The summed E-state index contributed by atoms with van der Waals surface area (Å²) >= 11 is 0.